The molecule has 0 bridgehead atoms. The van der Waals surface area contributed by atoms with Crippen LogP contribution in [-0.2, 0) is 4.79 Å². The molecule has 0 saturated heterocycles. The van der Waals surface area contributed by atoms with Crippen molar-refractivity contribution in [2.45, 2.75) is 23.5 Å². The lowest BCUT2D eigenvalue weighted by Gasteiger charge is -2.14. The fourth-order valence-corrected chi connectivity index (χ4v) is 5.67. The highest BCUT2D eigenvalue weighted by Crippen LogP contribution is 2.31. The van der Waals surface area contributed by atoms with Gasteiger partial charge in [-0.15, -0.1) is 23.1 Å². The van der Waals surface area contributed by atoms with Gasteiger partial charge in [0.2, 0.25) is 5.91 Å². The van der Waals surface area contributed by atoms with Gasteiger partial charge in [-0.05, 0) is 65.7 Å². The molecule has 1 aromatic heterocycles. The highest BCUT2D eigenvalue weighted by Gasteiger charge is 2.20. The summed E-state index contributed by atoms with van der Waals surface area (Å²) in [5.41, 5.74) is 2.78. The molecule has 0 aliphatic heterocycles. The summed E-state index contributed by atoms with van der Waals surface area (Å²) in [5, 5.41) is 10.3. The Balaban J connectivity index is 1.23. The van der Waals surface area contributed by atoms with Gasteiger partial charge in [-0.25, -0.2) is 9.37 Å². The minimum absolute atomic E-state index is 0.127. The third-order valence-corrected chi connectivity index (χ3v) is 8.04. The number of fused-ring (bicyclic) bond motifs is 1. The summed E-state index contributed by atoms with van der Waals surface area (Å²) < 4.78 is 13.1. The molecular weight excluding hydrogens is 517 g/mol. The maximum absolute atomic E-state index is 13.1. The predicted molar refractivity (Wildman–Crippen MR) is 154 cm³/mol. The van der Waals surface area contributed by atoms with Gasteiger partial charge in [-0.3, -0.25) is 9.59 Å². The normalized spacial score (nSPS) is 11.7. The summed E-state index contributed by atoms with van der Waals surface area (Å²) in [4.78, 5) is 31.0. The van der Waals surface area contributed by atoms with Crippen LogP contribution in [0.1, 0.15) is 23.7 Å². The van der Waals surface area contributed by atoms with Crippen molar-refractivity contribution in [2.75, 3.05) is 10.6 Å². The molecule has 4 aromatic carbocycles. The summed E-state index contributed by atoms with van der Waals surface area (Å²) in [5.74, 6) is -0.855. The van der Waals surface area contributed by atoms with Gasteiger partial charge >= 0.3 is 0 Å². The van der Waals surface area contributed by atoms with Crippen LogP contribution in [0, 0.1) is 5.82 Å². The monoisotopic (exact) mass is 541 g/mol. The fourth-order valence-electron chi connectivity index (χ4n) is 3.94. The van der Waals surface area contributed by atoms with Crippen LogP contribution in [-0.4, -0.2) is 22.0 Å². The molecule has 0 aliphatic carbocycles. The minimum Gasteiger partial charge on any atom is -0.322 e. The van der Waals surface area contributed by atoms with Gasteiger partial charge < -0.3 is 10.6 Å². The van der Waals surface area contributed by atoms with Gasteiger partial charge in [0.1, 0.15) is 5.82 Å². The van der Waals surface area contributed by atoms with Crippen molar-refractivity contribution in [3.05, 3.63) is 108 Å². The first-order valence-corrected chi connectivity index (χ1v) is 13.8. The lowest BCUT2D eigenvalue weighted by atomic mass is 10.1. The number of carbonyl (C=O) groups is 2. The van der Waals surface area contributed by atoms with E-state index in [-0.39, 0.29) is 17.1 Å². The largest absolute Gasteiger partial charge is 0.322 e. The summed E-state index contributed by atoms with van der Waals surface area (Å²) in [6.07, 6.45) is 0.617. The van der Waals surface area contributed by atoms with E-state index in [9.17, 15) is 14.0 Å². The number of carbonyl (C=O) groups excluding carboxylic acids is 2. The Morgan fingerprint density at radius 3 is 2.50 bits per heavy atom. The second-order valence-corrected chi connectivity index (χ2v) is 10.7. The van der Waals surface area contributed by atoms with Crippen LogP contribution in [0.4, 0.5) is 15.2 Å². The van der Waals surface area contributed by atoms with E-state index in [4.69, 9.17) is 0 Å². The number of hydrogen-bond donors (Lipinski definition) is 2. The van der Waals surface area contributed by atoms with E-state index in [1.807, 2.05) is 48.7 Å². The van der Waals surface area contributed by atoms with Crippen LogP contribution >= 0.6 is 23.1 Å². The van der Waals surface area contributed by atoms with Crippen LogP contribution in [0.3, 0.4) is 0 Å². The van der Waals surface area contributed by atoms with E-state index in [1.165, 1.54) is 52.8 Å². The Morgan fingerprint density at radius 2 is 1.71 bits per heavy atom. The molecule has 0 fully saturated rings. The standard InChI is InChI=1S/C30H24FN3O2S2/c1-2-27(38-25-9-5-8-24(17-25)32-28(35)20-12-14-23(31)15-13-20)29(36)34-30-33-26(18-37-30)22-11-10-19-6-3-4-7-21(19)16-22/h3-18,27H,2H2,1H3,(H,32,35)(H,33,34,36). The zero-order chi connectivity index (χ0) is 26.5. The van der Waals surface area contributed by atoms with E-state index in [0.717, 1.165) is 21.5 Å². The Kier molecular flexibility index (Phi) is 7.81. The molecule has 190 valence electrons. The van der Waals surface area contributed by atoms with Gasteiger partial charge in [-0.1, -0.05) is 49.4 Å². The first kappa shape index (κ1) is 25.6. The number of amides is 2. The Hall–Kier alpha value is -4.01. The van der Waals surface area contributed by atoms with Gasteiger partial charge in [0.25, 0.3) is 5.91 Å². The number of nitrogens with one attached hydrogen (secondary N) is 2. The maximum Gasteiger partial charge on any atom is 0.255 e. The van der Waals surface area contributed by atoms with Crippen molar-refractivity contribution >= 4 is 56.5 Å². The van der Waals surface area contributed by atoms with E-state index >= 15 is 0 Å². The lowest BCUT2D eigenvalue weighted by Crippen LogP contribution is -2.24. The van der Waals surface area contributed by atoms with E-state index < -0.39 is 5.82 Å². The Bertz CT molecular complexity index is 1600. The zero-order valence-corrected chi connectivity index (χ0v) is 22.1. The van der Waals surface area contributed by atoms with E-state index in [1.54, 1.807) is 6.07 Å². The molecule has 38 heavy (non-hydrogen) atoms. The molecule has 1 heterocycles. The highest BCUT2D eigenvalue weighted by molar-refractivity contribution is 8.00. The van der Waals surface area contributed by atoms with Crippen molar-refractivity contribution in [3.8, 4) is 11.3 Å². The molecule has 0 aliphatic rings. The summed E-state index contributed by atoms with van der Waals surface area (Å²) >= 11 is 2.82. The van der Waals surface area contributed by atoms with Crippen LogP contribution in [0.25, 0.3) is 22.0 Å². The van der Waals surface area contributed by atoms with Gasteiger partial charge in [0, 0.05) is 27.1 Å². The molecule has 0 saturated carbocycles. The third kappa shape index (κ3) is 6.10. The molecule has 1 unspecified atom stereocenters. The number of anilines is 2. The van der Waals surface area contributed by atoms with Crippen LogP contribution in [0.5, 0.6) is 0 Å². The molecule has 8 heteroatoms. The second-order valence-electron chi connectivity index (χ2n) is 8.59. The first-order chi connectivity index (χ1) is 18.5. The fraction of sp³-hybridized carbons (Fsp3) is 0.100. The highest BCUT2D eigenvalue weighted by atomic mass is 32.2. The molecule has 5 rings (SSSR count). The number of thioether (sulfide) groups is 1. The summed E-state index contributed by atoms with van der Waals surface area (Å²) in [6.45, 7) is 1.96. The number of halogens is 1. The number of hydrogen-bond acceptors (Lipinski definition) is 5. The molecule has 0 radical (unpaired) electrons. The number of rotatable bonds is 8. The Morgan fingerprint density at radius 1 is 0.921 bits per heavy atom. The van der Waals surface area contributed by atoms with Crippen LogP contribution < -0.4 is 10.6 Å². The number of nitrogens with zero attached hydrogens (tertiary/aromatic N) is 1. The van der Waals surface area contributed by atoms with Crippen molar-refractivity contribution in [2.24, 2.45) is 0 Å². The van der Waals surface area contributed by atoms with Crippen molar-refractivity contribution in [1.29, 1.82) is 0 Å². The van der Waals surface area contributed by atoms with Crippen LogP contribution in [0.2, 0.25) is 0 Å². The van der Waals surface area contributed by atoms with E-state index in [2.05, 4.69) is 39.9 Å². The predicted octanol–water partition coefficient (Wildman–Crippen LogP) is 7.86. The second kappa shape index (κ2) is 11.6. The smallest absolute Gasteiger partial charge is 0.255 e. The SMILES string of the molecule is CCC(Sc1cccc(NC(=O)c2ccc(F)cc2)c1)C(=O)Nc1nc(-c2ccc3ccccc3c2)cs1. The van der Waals surface area contributed by atoms with Crippen molar-refractivity contribution in [1.82, 2.24) is 4.98 Å². The summed E-state index contributed by atoms with van der Waals surface area (Å²) in [7, 11) is 0. The Labute approximate surface area is 228 Å². The molecule has 5 nitrogen and oxygen atoms in total. The van der Waals surface area contributed by atoms with Gasteiger partial charge in [0.05, 0.1) is 10.9 Å². The number of aromatic nitrogens is 1. The van der Waals surface area contributed by atoms with E-state index in [0.29, 0.717) is 22.8 Å². The number of benzene rings is 4. The number of thiazole rings is 1. The maximum atomic E-state index is 13.1. The molecule has 2 amide bonds. The quantitative estimate of drug-likeness (QED) is 0.196. The van der Waals surface area contributed by atoms with Gasteiger partial charge in [-0.2, -0.15) is 0 Å². The zero-order valence-electron chi connectivity index (χ0n) is 20.5. The minimum atomic E-state index is -0.397. The average molecular weight is 542 g/mol. The lowest BCUT2D eigenvalue weighted by molar-refractivity contribution is -0.115. The molecular formula is C30H24FN3O2S2. The molecule has 1 atom stereocenters. The van der Waals surface area contributed by atoms with Crippen molar-refractivity contribution < 1.29 is 14.0 Å². The molecule has 0 spiro atoms. The van der Waals surface area contributed by atoms with Crippen molar-refractivity contribution in [3.63, 3.8) is 0 Å². The average Bonchev–Trinajstić information content (AvgIpc) is 3.40. The summed E-state index contributed by atoms with van der Waals surface area (Å²) in [6, 6.07) is 27.1. The third-order valence-electron chi connectivity index (χ3n) is 5.92. The van der Waals surface area contributed by atoms with Gasteiger partial charge in [0.15, 0.2) is 5.13 Å². The van der Waals surface area contributed by atoms with Crippen LogP contribution in [0.15, 0.2) is 101 Å². The topological polar surface area (TPSA) is 71.1 Å². The first-order valence-electron chi connectivity index (χ1n) is 12.1. The molecule has 2 N–H and O–H groups in total. The molecule has 5 aromatic rings.